The lowest BCUT2D eigenvalue weighted by Gasteiger charge is -2.32. The number of hydrogen-bond acceptors (Lipinski definition) is 3. The van der Waals surface area contributed by atoms with Crippen LogP contribution in [0.3, 0.4) is 0 Å². The number of piperidine rings is 1. The van der Waals surface area contributed by atoms with Crippen LogP contribution in [-0.4, -0.2) is 24.0 Å². The van der Waals surface area contributed by atoms with Gasteiger partial charge in [0.15, 0.2) is 0 Å². The molecule has 1 aliphatic rings. The number of hydrogen-bond donors (Lipinski definition) is 0. The van der Waals surface area contributed by atoms with E-state index in [0.717, 1.165) is 5.56 Å². The first-order valence-electron chi connectivity index (χ1n) is 7.49. The van der Waals surface area contributed by atoms with Gasteiger partial charge in [-0.2, -0.15) is 0 Å². The minimum atomic E-state index is -2.58. The third kappa shape index (κ3) is 4.32. The van der Waals surface area contributed by atoms with Crippen molar-refractivity contribution in [3.63, 3.8) is 0 Å². The molecule has 3 rings (SSSR count). The van der Waals surface area contributed by atoms with E-state index in [1.165, 1.54) is 0 Å². The van der Waals surface area contributed by atoms with Crippen LogP contribution in [-0.2, 0) is 6.61 Å². The standard InChI is InChI=1S/C17H17ClF2N2O/c18-15-10-14(23-12-13-4-2-1-3-5-13)11-16(21-15)22-8-6-17(19,20)7-9-22/h1-5,10-11H,6-9,12H2. The van der Waals surface area contributed by atoms with Gasteiger partial charge in [0.2, 0.25) is 0 Å². The molecule has 1 aromatic carbocycles. The summed E-state index contributed by atoms with van der Waals surface area (Å²) < 4.78 is 32.3. The molecule has 1 aliphatic heterocycles. The van der Waals surface area contributed by atoms with E-state index in [1.807, 2.05) is 35.2 Å². The maximum Gasteiger partial charge on any atom is 0.251 e. The number of anilines is 1. The molecule has 1 fully saturated rings. The van der Waals surface area contributed by atoms with Gasteiger partial charge in [0, 0.05) is 38.1 Å². The molecule has 0 bridgehead atoms. The van der Waals surface area contributed by atoms with Crippen LogP contribution in [0, 0.1) is 0 Å². The van der Waals surface area contributed by atoms with E-state index in [0.29, 0.717) is 23.3 Å². The Morgan fingerprint density at radius 3 is 2.52 bits per heavy atom. The maximum atomic E-state index is 13.3. The summed E-state index contributed by atoms with van der Waals surface area (Å²) in [5.74, 6) is -1.42. The van der Waals surface area contributed by atoms with Gasteiger partial charge in [0.25, 0.3) is 5.92 Å². The summed E-state index contributed by atoms with van der Waals surface area (Å²) >= 11 is 6.04. The molecule has 1 aromatic heterocycles. The Morgan fingerprint density at radius 1 is 1.13 bits per heavy atom. The molecule has 3 nitrogen and oxygen atoms in total. The summed E-state index contributed by atoms with van der Waals surface area (Å²) in [7, 11) is 0. The first-order chi connectivity index (χ1) is 11.0. The van der Waals surface area contributed by atoms with E-state index in [1.54, 1.807) is 12.1 Å². The van der Waals surface area contributed by atoms with Crippen LogP contribution in [0.25, 0.3) is 0 Å². The van der Waals surface area contributed by atoms with Crippen molar-refractivity contribution >= 4 is 17.4 Å². The first kappa shape index (κ1) is 16.0. The second-order valence-electron chi connectivity index (χ2n) is 5.60. The lowest BCUT2D eigenvalue weighted by Crippen LogP contribution is -2.39. The van der Waals surface area contributed by atoms with E-state index >= 15 is 0 Å². The SMILES string of the molecule is FC1(F)CCN(c2cc(OCc3ccccc3)cc(Cl)n2)CC1. The molecule has 0 saturated carbocycles. The van der Waals surface area contributed by atoms with Gasteiger partial charge in [0.05, 0.1) is 0 Å². The van der Waals surface area contributed by atoms with Gasteiger partial charge in [-0.05, 0) is 5.56 Å². The molecule has 23 heavy (non-hydrogen) atoms. The van der Waals surface area contributed by atoms with Crippen molar-refractivity contribution in [3.8, 4) is 5.75 Å². The average molecular weight is 339 g/mol. The Balaban J connectivity index is 1.69. The minimum Gasteiger partial charge on any atom is -0.489 e. The summed E-state index contributed by atoms with van der Waals surface area (Å²) in [6.45, 7) is 0.940. The van der Waals surface area contributed by atoms with Gasteiger partial charge in [-0.15, -0.1) is 0 Å². The predicted molar refractivity (Wildman–Crippen MR) is 86.4 cm³/mol. The van der Waals surface area contributed by atoms with Crippen molar-refractivity contribution in [2.24, 2.45) is 0 Å². The lowest BCUT2D eigenvalue weighted by atomic mass is 10.1. The van der Waals surface area contributed by atoms with Gasteiger partial charge in [0.1, 0.15) is 23.3 Å². The number of aromatic nitrogens is 1. The second-order valence-corrected chi connectivity index (χ2v) is 5.99. The molecule has 0 aliphatic carbocycles. The van der Waals surface area contributed by atoms with Crippen molar-refractivity contribution in [1.82, 2.24) is 4.98 Å². The molecule has 0 N–H and O–H groups in total. The van der Waals surface area contributed by atoms with Crippen molar-refractivity contribution in [2.45, 2.75) is 25.4 Å². The van der Waals surface area contributed by atoms with Crippen LogP contribution in [0.5, 0.6) is 5.75 Å². The molecule has 0 atom stereocenters. The van der Waals surface area contributed by atoms with Crippen molar-refractivity contribution < 1.29 is 13.5 Å². The number of pyridine rings is 1. The van der Waals surface area contributed by atoms with Crippen molar-refractivity contribution in [1.29, 1.82) is 0 Å². The van der Waals surface area contributed by atoms with Gasteiger partial charge in [-0.1, -0.05) is 41.9 Å². The van der Waals surface area contributed by atoms with Crippen LogP contribution < -0.4 is 9.64 Å². The fourth-order valence-corrected chi connectivity index (χ4v) is 2.70. The van der Waals surface area contributed by atoms with Crippen molar-refractivity contribution in [3.05, 3.63) is 53.2 Å². The Bertz CT molecular complexity index is 657. The van der Waals surface area contributed by atoms with Crippen molar-refractivity contribution in [2.75, 3.05) is 18.0 Å². The topological polar surface area (TPSA) is 25.4 Å². The predicted octanol–water partition coefficient (Wildman–Crippen LogP) is 4.55. The third-order valence-corrected chi connectivity index (χ3v) is 4.01. The Morgan fingerprint density at radius 2 is 1.83 bits per heavy atom. The summed E-state index contributed by atoms with van der Waals surface area (Å²) in [5.41, 5.74) is 1.04. The monoisotopic (exact) mass is 338 g/mol. The number of alkyl halides is 2. The second kappa shape index (κ2) is 6.71. The quantitative estimate of drug-likeness (QED) is 0.765. The van der Waals surface area contributed by atoms with Crippen LogP contribution in [0.4, 0.5) is 14.6 Å². The Hall–Kier alpha value is -1.88. The molecule has 6 heteroatoms. The van der Waals surface area contributed by atoms with Gasteiger partial charge < -0.3 is 9.64 Å². The Labute approximate surface area is 138 Å². The Kier molecular flexibility index (Phi) is 4.66. The zero-order valence-corrected chi connectivity index (χ0v) is 13.3. The van der Waals surface area contributed by atoms with E-state index in [9.17, 15) is 8.78 Å². The highest BCUT2D eigenvalue weighted by Crippen LogP contribution is 2.31. The summed E-state index contributed by atoms with van der Waals surface area (Å²) in [6.07, 6.45) is -0.331. The highest BCUT2D eigenvalue weighted by atomic mass is 35.5. The molecule has 0 amide bonds. The highest BCUT2D eigenvalue weighted by Gasteiger charge is 2.34. The highest BCUT2D eigenvalue weighted by molar-refractivity contribution is 6.29. The van der Waals surface area contributed by atoms with E-state index in [4.69, 9.17) is 16.3 Å². The van der Waals surface area contributed by atoms with Gasteiger partial charge in [-0.25, -0.2) is 13.8 Å². The van der Waals surface area contributed by atoms with E-state index in [-0.39, 0.29) is 25.9 Å². The number of nitrogens with zero attached hydrogens (tertiary/aromatic N) is 2. The zero-order chi connectivity index (χ0) is 16.3. The molecular formula is C17H17ClF2N2O. The van der Waals surface area contributed by atoms with Crippen LogP contribution in [0.15, 0.2) is 42.5 Å². The zero-order valence-electron chi connectivity index (χ0n) is 12.5. The molecule has 2 heterocycles. The van der Waals surface area contributed by atoms with Crippen LogP contribution in [0.2, 0.25) is 5.15 Å². The molecule has 0 radical (unpaired) electrons. The molecular weight excluding hydrogens is 322 g/mol. The summed E-state index contributed by atoms with van der Waals surface area (Å²) in [4.78, 5) is 6.04. The fraction of sp³-hybridized carbons (Fsp3) is 0.353. The number of halogens is 3. The molecule has 2 aromatic rings. The molecule has 0 spiro atoms. The number of ether oxygens (including phenoxy) is 1. The normalized spacial score (nSPS) is 17.1. The average Bonchev–Trinajstić information content (AvgIpc) is 2.53. The fourth-order valence-electron chi connectivity index (χ4n) is 2.51. The van der Waals surface area contributed by atoms with Gasteiger partial charge in [-0.3, -0.25) is 0 Å². The van der Waals surface area contributed by atoms with Crippen LogP contribution >= 0.6 is 11.6 Å². The largest absolute Gasteiger partial charge is 0.489 e. The molecule has 0 unspecified atom stereocenters. The molecule has 1 saturated heterocycles. The lowest BCUT2D eigenvalue weighted by molar-refractivity contribution is -0.0221. The number of benzene rings is 1. The first-order valence-corrected chi connectivity index (χ1v) is 7.87. The van der Waals surface area contributed by atoms with E-state index < -0.39 is 5.92 Å². The third-order valence-electron chi connectivity index (χ3n) is 3.82. The smallest absolute Gasteiger partial charge is 0.251 e. The number of rotatable bonds is 4. The minimum absolute atomic E-state index is 0.165. The van der Waals surface area contributed by atoms with Crippen LogP contribution in [0.1, 0.15) is 18.4 Å². The summed E-state index contributed by atoms with van der Waals surface area (Å²) in [6, 6.07) is 13.1. The van der Waals surface area contributed by atoms with Gasteiger partial charge >= 0.3 is 0 Å². The summed E-state index contributed by atoms with van der Waals surface area (Å²) in [5, 5.41) is 0.294. The van der Waals surface area contributed by atoms with E-state index in [2.05, 4.69) is 4.98 Å². The molecule has 122 valence electrons. The maximum absolute atomic E-state index is 13.3.